The van der Waals surface area contributed by atoms with Crippen molar-refractivity contribution >= 4 is 15.9 Å². The molecule has 5 rings (SSSR count). The van der Waals surface area contributed by atoms with Crippen LogP contribution in [0.3, 0.4) is 0 Å². The van der Waals surface area contributed by atoms with Gasteiger partial charge in [-0.2, -0.15) is 0 Å². The Morgan fingerprint density at radius 3 is 1.22 bits per heavy atom. The zero-order chi connectivity index (χ0) is 43.3. The summed E-state index contributed by atoms with van der Waals surface area (Å²) in [6.07, 6.45) is 3.00. The van der Waals surface area contributed by atoms with E-state index in [-0.39, 0.29) is 97.5 Å². The molecule has 0 aromatic rings. The first-order valence-corrected chi connectivity index (χ1v) is 20.7. The monoisotopic (exact) mass is 956 g/mol. The molecule has 5 heterocycles. The van der Waals surface area contributed by atoms with Crippen molar-refractivity contribution in [3.63, 3.8) is 0 Å². The van der Waals surface area contributed by atoms with Crippen LogP contribution in [0.1, 0.15) is 51.4 Å². The Labute approximate surface area is 379 Å². The Kier molecular flexibility index (Phi) is 38.3. The van der Waals surface area contributed by atoms with E-state index in [2.05, 4.69) is 25.6 Å². The van der Waals surface area contributed by atoms with Gasteiger partial charge in [-0.1, -0.05) is 15.9 Å². The summed E-state index contributed by atoms with van der Waals surface area (Å²) in [6, 6.07) is 0. The van der Waals surface area contributed by atoms with E-state index in [1.807, 2.05) is 0 Å². The van der Waals surface area contributed by atoms with Crippen LogP contribution in [0.15, 0.2) is 0 Å². The molecule has 5 aliphatic rings. The summed E-state index contributed by atoms with van der Waals surface area (Å²) >= 11 is 3.25. The van der Waals surface area contributed by atoms with E-state index in [9.17, 15) is 41.1 Å². The van der Waals surface area contributed by atoms with E-state index in [1.165, 1.54) is 0 Å². The van der Waals surface area contributed by atoms with Gasteiger partial charge in [-0.05, 0) is 0 Å². The van der Waals surface area contributed by atoms with Gasteiger partial charge in [-0.15, -0.1) is 20.2 Å². The minimum Gasteiger partial charge on any atom is -0.870 e. The molecule has 0 amide bonds. The number of aliphatic hydroxyl groups is 5. The molecule has 352 valence electrons. The Hall–Kier alpha value is -0.840. The Morgan fingerprint density at radius 1 is 0.633 bits per heavy atom. The molecular weight excluding hydrogens is 891 g/mol. The number of piperidine rings is 4. The first kappa shape index (κ1) is 61.2. The van der Waals surface area contributed by atoms with Gasteiger partial charge in [0.25, 0.3) is 10.2 Å². The number of epoxide rings is 1. The van der Waals surface area contributed by atoms with E-state index in [0.717, 1.165) is 37.6 Å². The van der Waals surface area contributed by atoms with Crippen LogP contribution < -0.4 is 49.8 Å². The van der Waals surface area contributed by atoms with Crippen molar-refractivity contribution in [2.75, 3.05) is 104 Å². The normalized spacial score (nSPS) is 29.6. The molecule has 0 spiro atoms. The summed E-state index contributed by atoms with van der Waals surface area (Å²) in [6.45, 7) is 4.29. The standard InChI is InChI=1S/C8H15N3O8.2C8H17NO4.C5H11NO2.C3H5BrO.Na.H2O/c12-9-3-1-7(2-4-9)17-5-8(19-11(15)16)6-18-10(13)14;2*10-5-7(11)6-13-8-1-3-9(12)4-2-8;7-5-1-3-6(8)4-2-5;4-1-3-2-5-3;;/h7-9H,1-6H2;2*7-11H,1-6H2;5-7H,1-4H2;3H,1-2H2;;1H2/q;;;;;+1;/p-1. The average Bonchev–Trinajstić information content (AvgIpc) is 4.06. The minimum absolute atomic E-state index is 0. The number of hydrogen-bond donors (Lipinski definition) is 9. The van der Waals surface area contributed by atoms with Crippen molar-refractivity contribution < 1.29 is 120 Å². The molecule has 10 N–H and O–H groups in total. The van der Waals surface area contributed by atoms with Crippen molar-refractivity contribution in [3.05, 3.63) is 41.1 Å². The third-order valence-corrected chi connectivity index (χ3v) is 9.87. The molecule has 0 aromatic carbocycles. The molecule has 60 heavy (non-hydrogen) atoms. The van der Waals surface area contributed by atoms with Crippen molar-refractivity contribution in [3.8, 4) is 0 Å². The number of rotatable bonds is 17. The zero-order valence-electron chi connectivity index (χ0n) is 34.3. The molecule has 0 aromatic heterocycles. The van der Waals surface area contributed by atoms with Crippen LogP contribution in [0.5, 0.6) is 0 Å². The van der Waals surface area contributed by atoms with Crippen LogP contribution in [-0.2, 0) is 28.6 Å². The van der Waals surface area contributed by atoms with Crippen molar-refractivity contribution in [1.82, 2.24) is 0 Å². The van der Waals surface area contributed by atoms with Crippen molar-refractivity contribution in [2.24, 2.45) is 0 Å². The first-order chi connectivity index (χ1) is 27.6. The maximum absolute atomic E-state index is 11.0. The van der Waals surface area contributed by atoms with Crippen LogP contribution in [0.4, 0.5) is 0 Å². The van der Waals surface area contributed by atoms with E-state index < -0.39 is 35.1 Å². The summed E-state index contributed by atoms with van der Waals surface area (Å²) in [5.74, 6) is 0. The fourth-order valence-electron chi connectivity index (χ4n) is 5.54. The van der Waals surface area contributed by atoms with Crippen LogP contribution in [-0.4, -0.2) is 194 Å². The van der Waals surface area contributed by atoms with Gasteiger partial charge in [0.05, 0.1) is 123 Å². The average molecular weight is 958 g/mol. The second-order valence-electron chi connectivity index (χ2n) is 14.2. The molecular formula is C32H66BrN6NaO20. The summed E-state index contributed by atoms with van der Waals surface area (Å²) in [7, 11) is 0. The van der Waals surface area contributed by atoms with Crippen LogP contribution in [0.25, 0.3) is 0 Å². The van der Waals surface area contributed by atoms with E-state index in [1.54, 1.807) is 0 Å². The molecule has 26 nitrogen and oxygen atoms in total. The molecule has 4 unspecified atom stereocenters. The molecule has 4 atom stereocenters. The third-order valence-electron chi connectivity index (χ3n) is 9.15. The minimum atomic E-state index is -1.17. The largest absolute Gasteiger partial charge is 1.00 e. The molecule has 5 saturated heterocycles. The molecule has 0 radical (unpaired) electrons. The Bertz CT molecular complexity index is 987. The first-order valence-electron chi connectivity index (χ1n) is 19.6. The van der Waals surface area contributed by atoms with Gasteiger partial charge >= 0.3 is 29.6 Å². The van der Waals surface area contributed by atoms with Gasteiger partial charge in [0.15, 0.2) is 6.10 Å². The topological polar surface area (TPSA) is 386 Å². The van der Waals surface area contributed by atoms with Gasteiger partial charge in [0.2, 0.25) is 0 Å². The molecule has 0 saturated carbocycles. The van der Waals surface area contributed by atoms with E-state index in [4.69, 9.17) is 44.5 Å². The fraction of sp³-hybridized carbons (Fsp3) is 1.00. The number of ether oxygens (including phenoxy) is 4. The number of aliphatic hydroxyl groups excluding tert-OH is 5. The van der Waals surface area contributed by atoms with Gasteiger partial charge < -0.3 is 101 Å². The van der Waals surface area contributed by atoms with Crippen LogP contribution >= 0.6 is 15.9 Å². The Morgan fingerprint density at radius 2 is 0.967 bits per heavy atom. The van der Waals surface area contributed by atoms with E-state index in [0.29, 0.717) is 99.3 Å². The van der Waals surface area contributed by atoms with Gasteiger partial charge in [-0.25, -0.2) is 0 Å². The number of hydrogen-bond acceptors (Lipinski definition) is 20. The maximum atomic E-state index is 11.0. The number of halogens is 1. The predicted molar refractivity (Wildman–Crippen MR) is 205 cm³/mol. The quantitative estimate of drug-likeness (QED) is 0.0163. The van der Waals surface area contributed by atoms with Crippen molar-refractivity contribution in [1.29, 1.82) is 0 Å². The number of hydroxylamine groups is 8. The number of nitrogens with zero attached hydrogens (tertiary/aromatic N) is 2. The number of nitrogens with one attached hydrogen (secondary N) is 4. The summed E-state index contributed by atoms with van der Waals surface area (Å²) in [4.78, 5) is 28.5. The smallest absolute Gasteiger partial charge is 0.870 e. The van der Waals surface area contributed by atoms with E-state index >= 15 is 0 Å². The molecule has 5 fully saturated rings. The molecule has 28 heteroatoms. The Balaban J connectivity index is 0. The second-order valence-corrected chi connectivity index (χ2v) is 14.9. The molecule has 0 bridgehead atoms. The summed E-state index contributed by atoms with van der Waals surface area (Å²) in [5.41, 5.74) is 0. The molecule has 5 aliphatic heterocycles. The second kappa shape index (κ2) is 37.5. The zero-order valence-corrected chi connectivity index (χ0v) is 37.8. The fourth-order valence-corrected chi connectivity index (χ4v) is 5.91. The third kappa shape index (κ3) is 34.6. The SMILES string of the molecule is BrCC1CO1.O=[N+]([O-])OCC(COC1CC[NH+]([O-])CC1)O[N+](=O)[O-].[Na+].[O-][NH+]1CCC(O)CC1.[O-][NH+]1CCC(OCC(O)CO)CC1.[O-][NH+]1CCC(OCC(O)CO)CC1.[OH-]. The van der Waals surface area contributed by atoms with Gasteiger partial charge in [0, 0.05) is 56.7 Å². The maximum Gasteiger partial charge on any atom is 1.00 e. The van der Waals surface area contributed by atoms with Gasteiger partial charge in [-0.3, -0.25) is 0 Å². The number of quaternary nitrogens is 4. The predicted octanol–water partition coefficient (Wildman–Crippen LogP) is -9.73. The van der Waals surface area contributed by atoms with Crippen LogP contribution in [0, 0.1) is 41.1 Å². The summed E-state index contributed by atoms with van der Waals surface area (Å²) in [5, 5.41) is 107. The van der Waals surface area contributed by atoms with Gasteiger partial charge in [0.1, 0.15) is 18.8 Å². The number of alkyl halides is 1. The molecule has 0 aliphatic carbocycles. The van der Waals surface area contributed by atoms with Crippen LogP contribution in [0.2, 0.25) is 0 Å². The summed E-state index contributed by atoms with van der Waals surface area (Å²) < 4.78 is 20.8. The van der Waals surface area contributed by atoms with Crippen molar-refractivity contribution in [2.45, 2.75) is 100 Å².